The molecule has 2 heterocycles. The van der Waals surface area contributed by atoms with Gasteiger partial charge in [-0.1, -0.05) is 186 Å². The predicted molar refractivity (Wildman–Crippen MR) is 298 cm³/mol. The highest BCUT2D eigenvalue weighted by Crippen LogP contribution is 2.46. The molecule has 354 valence electrons. The number of phenols is 1. The fraction of sp³-hybridized carbons (Fsp3) is 0.273. The third-order valence-corrected chi connectivity index (χ3v) is 14.1. The second kappa shape index (κ2) is 18.7. The van der Waals surface area contributed by atoms with Crippen LogP contribution in [0.1, 0.15) is 136 Å². The molecule has 4 heteroatoms. The Labute approximate surface area is 418 Å². The van der Waals surface area contributed by atoms with Crippen molar-refractivity contribution in [2.45, 2.75) is 119 Å². The molecular formula is C66H69N3O. The van der Waals surface area contributed by atoms with Crippen molar-refractivity contribution in [1.82, 2.24) is 14.5 Å². The summed E-state index contributed by atoms with van der Waals surface area (Å²) < 4.78 is 10.8. The van der Waals surface area contributed by atoms with E-state index in [4.69, 9.17) is 11.3 Å². The summed E-state index contributed by atoms with van der Waals surface area (Å²) in [6, 6.07) is 54.6. The second-order valence-electron chi connectivity index (χ2n) is 22.2. The number of hydrogen-bond acceptors (Lipinski definition) is 3. The Balaban J connectivity index is 1.32. The molecule has 0 fully saturated rings. The summed E-state index contributed by atoms with van der Waals surface area (Å²) >= 11 is 0. The first-order valence-corrected chi connectivity index (χ1v) is 25.0. The van der Waals surface area contributed by atoms with E-state index in [0.29, 0.717) is 11.4 Å². The number of aromatic hydroxyl groups is 1. The van der Waals surface area contributed by atoms with Crippen LogP contribution in [0.3, 0.4) is 0 Å². The molecule has 0 aliphatic carbocycles. The fourth-order valence-electron chi connectivity index (χ4n) is 9.70. The second-order valence-corrected chi connectivity index (χ2v) is 22.2. The number of hydrogen-bond donors (Lipinski definition) is 1. The highest BCUT2D eigenvalue weighted by atomic mass is 16.3. The minimum Gasteiger partial charge on any atom is -0.507 e. The lowest BCUT2D eigenvalue weighted by Gasteiger charge is -2.22. The quantitative estimate of drug-likeness (QED) is 0.149. The lowest BCUT2D eigenvalue weighted by atomic mass is 9.83. The number of benzene rings is 7. The van der Waals surface area contributed by atoms with Crippen molar-refractivity contribution in [1.29, 1.82) is 0 Å². The van der Waals surface area contributed by atoms with Crippen molar-refractivity contribution < 1.29 is 6.48 Å². The van der Waals surface area contributed by atoms with Gasteiger partial charge in [-0.15, -0.1) is 0 Å². The number of aryl methyl sites for hydroxylation is 1. The molecule has 0 spiro atoms. The summed E-state index contributed by atoms with van der Waals surface area (Å²) in [5.41, 5.74) is 20.6. The molecule has 0 bridgehead atoms. The van der Waals surface area contributed by atoms with E-state index in [9.17, 15) is 5.11 Å². The number of pyridine rings is 1. The summed E-state index contributed by atoms with van der Waals surface area (Å²) in [7, 11) is 0. The van der Waals surface area contributed by atoms with E-state index in [-0.39, 0.29) is 28.4 Å². The van der Waals surface area contributed by atoms with Crippen molar-refractivity contribution in [2.24, 2.45) is 0 Å². The van der Waals surface area contributed by atoms with Crippen LogP contribution in [-0.2, 0) is 10.8 Å². The molecule has 0 amide bonds. The Morgan fingerprint density at radius 2 is 1.17 bits per heavy atom. The summed E-state index contributed by atoms with van der Waals surface area (Å²) in [5, 5.41) is 12.5. The molecule has 9 aromatic rings. The normalized spacial score (nSPS) is 12.6. The van der Waals surface area contributed by atoms with Crippen LogP contribution in [0.4, 0.5) is 0 Å². The molecule has 0 unspecified atom stereocenters. The predicted octanol–water partition coefficient (Wildman–Crippen LogP) is 18.4. The van der Waals surface area contributed by atoms with Gasteiger partial charge in [0.25, 0.3) is 0 Å². The molecule has 0 saturated heterocycles. The van der Waals surface area contributed by atoms with E-state index in [1.54, 1.807) is 0 Å². The van der Waals surface area contributed by atoms with Crippen LogP contribution in [0.5, 0.6) is 5.75 Å². The number of imidazole rings is 1. The lowest BCUT2D eigenvalue weighted by molar-refractivity contribution is 0.466. The van der Waals surface area contributed by atoms with Crippen molar-refractivity contribution in [2.75, 3.05) is 0 Å². The SMILES string of the molecule is [2H]C(C)(C)c1ccc(-c2ccnc(-c3cc(-c4cccc5c4nc(-c4cc(C(C)C)cc(C(C)C)c4O)n5-c4cc(C)c(-c5ccc(C(C)(C)C)cc5)cc4-c4ccccc4)cc(C(C)(C)C)c3)c2)cc1. The van der Waals surface area contributed by atoms with Crippen molar-refractivity contribution >= 4 is 11.0 Å². The summed E-state index contributed by atoms with van der Waals surface area (Å²) in [5.74, 6) is 0.596. The van der Waals surface area contributed by atoms with Crippen LogP contribution in [0, 0.1) is 6.92 Å². The largest absolute Gasteiger partial charge is 0.507 e. The highest BCUT2D eigenvalue weighted by molar-refractivity contribution is 5.98. The number of fused-ring (bicyclic) bond motifs is 1. The van der Waals surface area contributed by atoms with E-state index in [2.05, 4.69) is 232 Å². The van der Waals surface area contributed by atoms with Gasteiger partial charge >= 0.3 is 0 Å². The maximum Gasteiger partial charge on any atom is 0.149 e. The van der Waals surface area contributed by atoms with Gasteiger partial charge < -0.3 is 5.11 Å². The van der Waals surface area contributed by atoms with Crippen LogP contribution >= 0.6 is 0 Å². The van der Waals surface area contributed by atoms with E-state index < -0.39 is 5.89 Å². The van der Waals surface area contributed by atoms with Gasteiger partial charge in [-0.25, -0.2) is 4.98 Å². The van der Waals surface area contributed by atoms with E-state index in [1.165, 1.54) is 22.3 Å². The molecular weight excluding hydrogens is 851 g/mol. The van der Waals surface area contributed by atoms with E-state index in [0.717, 1.165) is 83.6 Å². The molecule has 7 aromatic carbocycles. The monoisotopic (exact) mass is 921 g/mol. The Morgan fingerprint density at radius 3 is 1.81 bits per heavy atom. The molecule has 70 heavy (non-hydrogen) atoms. The first-order chi connectivity index (χ1) is 33.6. The zero-order valence-corrected chi connectivity index (χ0v) is 43.5. The summed E-state index contributed by atoms with van der Waals surface area (Å²) in [6.45, 7) is 28.3. The van der Waals surface area contributed by atoms with Crippen LogP contribution in [-0.4, -0.2) is 19.6 Å². The average molecular weight is 921 g/mol. The Morgan fingerprint density at radius 1 is 0.514 bits per heavy atom. The molecule has 9 rings (SSSR count). The van der Waals surface area contributed by atoms with Crippen LogP contribution in [0.2, 0.25) is 0 Å². The van der Waals surface area contributed by atoms with Gasteiger partial charge in [0.15, 0.2) is 0 Å². The summed E-state index contributed by atoms with van der Waals surface area (Å²) in [6.07, 6.45) is 1.90. The lowest BCUT2D eigenvalue weighted by Crippen LogP contribution is -2.11. The molecule has 0 atom stereocenters. The number of phenolic OH excluding ortho intramolecular Hbond substituents is 1. The van der Waals surface area contributed by atoms with Gasteiger partial charge in [-0.3, -0.25) is 9.55 Å². The zero-order chi connectivity index (χ0) is 50.7. The van der Waals surface area contributed by atoms with Crippen LogP contribution in [0.15, 0.2) is 158 Å². The molecule has 4 nitrogen and oxygen atoms in total. The minimum absolute atomic E-state index is 0.0460. The zero-order valence-electron chi connectivity index (χ0n) is 44.5. The van der Waals surface area contributed by atoms with Gasteiger partial charge in [-0.2, -0.15) is 0 Å². The maximum absolute atomic E-state index is 12.5. The van der Waals surface area contributed by atoms with Gasteiger partial charge in [0.2, 0.25) is 0 Å². The third-order valence-electron chi connectivity index (χ3n) is 14.1. The van der Waals surface area contributed by atoms with Gasteiger partial charge in [0, 0.05) is 24.3 Å². The Kier molecular flexibility index (Phi) is 12.5. The Hall–Kier alpha value is -7.04. The van der Waals surface area contributed by atoms with Crippen LogP contribution < -0.4 is 0 Å². The average Bonchev–Trinajstić information content (AvgIpc) is 3.73. The van der Waals surface area contributed by atoms with Crippen molar-refractivity contribution in [3.8, 4) is 78.6 Å². The molecule has 1 N–H and O–H groups in total. The van der Waals surface area contributed by atoms with Crippen LogP contribution in [0.25, 0.3) is 83.9 Å². The molecule has 0 aliphatic rings. The first-order valence-electron chi connectivity index (χ1n) is 25.5. The smallest absolute Gasteiger partial charge is 0.149 e. The summed E-state index contributed by atoms with van der Waals surface area (Å²) in [4.78, 5) is 10.7. The molecule has 2 aromatic heterocycles. The topological polar surface area (TPSA) is 50.9 Å². The molecule has 0 saturated carbocycles. The van der Waals surface area contributed by atoms with Gasteiger partial charge in [-0.05, 0) is 151 Å². The number of aromatic nitrogens is 3. The molecule has 0 aliphatic heterocycles. The standard InChI is InChI=1S/C66H69N3O/c1-40(2)44-22-24-45(25-23-44)48-30-31-67-59(38-48)51-33-50(34-53(35-51)66(11,12)13)54-20-17-21-60-62(54)68-64(58-37-49(41(3)4)36-55(42(5)6)63(58)70)69(60)61-32-43(7)56(39-57(61)46-18-15-14-16-19-46)47-26-28-52(29-27-47)65(8,9)10/h14-42,70H,1-13H3/i40D. The number of rotatable bonds is 10. The minimum atomic E-state index is -0.673. The highest BCUT2D eigenvalue weighted by Gasteiger charge is 2.27. The first kappa shape index (κ1) is 46.7. The van der Waals surface area contributed by atoms with Crippen molar-refractivity contribution in [3.63, 3.8) is 0 Å². The fourth-order valence-corrected chi connectivity index (χ4v) is 9.70. The third kappa shape index (κ3) is 9.37. The maximum atomic E-state index is 12.5. The number of nitrogens with zero attached hydrogens (tertiary/aromatic N) is 3. The van der Waals surface area contributed by atoms with Crippen molar-refractivity contribution in [3.05, 3.63) is 191 Å². The Bertz CT molecular complexity index is 3410. The van der Waals surface area contributed by atoms with E-state index in [1.807, 2.05) is 20.0 Å². The van der Waals surface area contributed by atoms with E-state index >= 15 is 0 Å². The van der Waals surface area contributed by atoms with Gasteiger partial charge in [0.1, 0.15) is 11.6 Å². The van der Waals surface area contributed by atoms with Gasteiger partial charge in [0.05, 0.1) is 28.0 Å². The molecule has 0 radical (unpaired) electrons. The number of para-hydroxylation sites is 1.